The number of alkyl carbamates (subject to hydrolysis) is 1. The molecule has 4 fully saturated rings. The van der Waals surface area contributed by atoms with E-state index in [4.69, 9.17) is 4.74 Å². The van der Waals surface area contributed by atoms with Crippen LogP contribution in [0, 0.1) is 40.4 Å². The van der Waals surface area contributed by atoms with Gasteiger partial charge in [0.15, 0.2) is 17.7 Å². The minimum atomic E-state index is -4.83. The molecule has 0 radical (unpaired) electrons. The van der Waals surface area contributed by atoms with Gasteiger partial charge in [0.05, 0.1) is 12.6 Å². The van der Waals surface area contributed by atoms with Crippen molar-refractivity contribution >= 4 is 29.6 Å². The number of halogens is 4. The number of anilines is 1. The molecule has 0 aromatic carbocycles. The number of hydrogen-bond acceptors (Lipinski definition) is 8. The van der Waals surface area contributed by atoms with E-state index < -0.39 is 83.2 Å². The zero-order valence-corrected chi connectivity index (χ0v) is 26.2. The quantitative estimate of drug-likeness (QED) is 0.466. The van der Waals surface area contributed by atoms with Gasteiger partial charge in [0, 0.05) is 19.2 Å². The molecule has 1 aromatic heterocycles. The van der Waals surface area contributed by atoms with E-state index >= 15 is 4.39 Å². The maximum Gasteiger partial charge on any atom is 0.425 e. The minimum Gasteiger partial charge on any atom is -0.472 e. The number of rotatable bonds is 4. The molecule has 6 rings (SSSR count). The molecule has 1 spiro atoms. The molecule has 47 heavy (non-hydrogen) atoms. The number of ether oxygens (including phenoxy) is 2. The van der Waals surface area contributed by atoms with Gasteiger partial charge in [0.1, 0.15) is 24.3 Å². The Balaban J connectivity index is 1.31. The minimum absolute atomic E-state index is 0.0578. The lowest BCUT2D eigenvalue weighted by Crippen LogP contribution is -2.60. The van der Waals surface area contributed by atoms with Crippen molar-refractivity contribution < 1.29 is 46.2 Å². The summed E-state index contributed by atoms with van der Waals surface area (Å²) >= 11 is 0. The van der Waals surface area contributed by atoms with Crippen LogP contribution in [0.5, 0.6) is 5.75 Å². The maximum atomic E-state index is 15.2. The normalized spacial score (nSPS) is 33.8. The van der Waals surface area contributed by atoms with Crippen LogP contribution < -0.4 is 15.4 Å². The van der Waals surface area contributed by atoms with Gasteiger partial charge in [0.2, 0.25) is 17.4 Å². The number of nitrogens with zero attached hydrogens (tertiary/aromatic N) is 4. The summed E-state index contributed by atoms with van der Waals surface area (Å²) in [5.41, 5.74) is -2.67. The van der Waals surface area contributed by atoms with E-state index in [-0.39, 0.29) is 49.3 Å². The lowest BCUT2D eigenvalue weighted by molar-refractivity contribution is -0.197. The Labute approximate surface area is 268 Å². The standard InChI is InChI=1S/C31H36F4N6O6/c1-14(31(33,34)35)46-28(45)38-23(29(2,3)4)26(43)40-12-18-15-8-17(19(32)9-15)21(18)22(40)25(42)41-13-30(10-16(41)11-36)27(44)39-24-20(47-30)6-5-7-37-24/h5-7,14-19,21-23H,8-10,12-13H2,1-4H3,(H,38,45)(H,37,39,44). The highest BCUT2D eigenvalue weighted by Gasteiger charge is 2.65. The number of nitriles is 1. The summed E-state index contributed by atoms with van der Waals surface area (Å²) in [7, 11) is 0. The number of nitrogens with one attached hydrogen (secondary N) is 2. The Kier molecular flexibility index (Phi) is 7.83. The summed E-state index contributed by atoms with van der Waals surface area (Å²) in [6, 6.07) is 1.47. The fourth-order valence-corrected chi connectivity index (χ4v) is 8.12. The van der Waals surface area contributed by atoms with Gasteiger partial charge in [-0.05, 0) is 61.0 Å². The molecule has 2 aliphatic carbocycles. The average Bonchev–Trinajstić information content (AvgIpc) is 3.74. The number of aromatic nitrogens is 1. The zero-order valence-electron chi connectivity index (χ0n) is 26.2. The molecule has 12 nitrogen and oxygen atoms in total. The third-order valence-electron chi connectivity index (χ3n) is 10.4. The van der Waals surface area contributed by atoms with E-state index in [1.54, 1.807) is 32.9 Å². The van der Waals surface area contributed by atoms with Crippen LogP contribution in [0.15, 0.2) is 18.3 Å². The molecule has 3 aliphatic heterocycles. The van der Waals surface area contributed by atoms with Gasteiger partial charge >= 0.3 is 12.3 Å². The number of alkyl halides is 4. The van der Waals surface area contributed by atoms with Crippen molar-refractivity contribution in [1.82, 2.24) is 20.1 Å². The number of hydrogen-bond donors (Lipinski definition) is 2. The van der Waals surface area contributed by atoms with Crippen LogP contribution in [0.3, 0.4) is 0 Å². The van der Waals surface area contributed by atoms with Crippen LogP contribution in [0.4, 0.5) is 28.2 Å². The Morgan fingerprint density at radius 3 is 2.60 bits per heavy atom. The van der Waals surface area contributed by atoms with E-state index in [1.165, 1.54) is 16.0 Å². The first-order valence-corrected chi connectivity index (χ1v) is 15.6. The van der Waals surface area contributed by atoms with Crippen molar-refractivity contribution in [3.63, 3.8) is 0 Å². The summed E-state index contributed by atoms with van der Waals surface area (Å²) < 4.78 is 65.1. The average molecular weight is 665 g/mol. The molecule has 2 bridgehead atoms. The lowest BCUT2D eigenvalue weighted by Gasteiger charge is -2.39. The Hall–Kier alpha value is -4.16. The van der Waals surface area contributed by atoms with Crippen molar-refractivity contribution in [2.75, 3.05) is 18.4 Å². The van der Waals surface area contributed by atoms with Gasteiger partial charge in [-0.1, -0.05) is 20.8 Å². The molecular formula is C31H36F4N6O6. The molecule has 10 atom stereocenters. The Morgan fingerprint density at radius 2 is 1.94 bits per heavy atom. The van der Waals surface area contributed by atoms with Crippen LogP contribution >= 0.6 is 0 Å². The van der Waals surface area contributed by atoms with Crippen molar-refractivity contribution in [2.24, 2.45) is 29.1 Å². The SMILES string of the molecule is CC(OC(=O)NC(C(=O)N1CC2C3CC(F)C(C3)C2C1C(=O)N1CC2(CC1C#N)Oc1cccnc1NC2=O)C(C)(C)C)C(F)(F)F. The fourth-order valence-electron chi connectivity index (χ4n) is 8.12. The van der Waals surface area contributed by atoms with E-state index in [9.17, 15) is 37.6 Å². The molecule has 4 heterocycles. The van der Waals surface area contributed by atoms with Crippen molar-refractivity contribution in [1.29, 1.82) is 5.26 Å². The van der Waals surface area contributed by atoms with E-state index in [0.29, 0.717) is 13.3 Å². The summed E-state index contributed by atoms with van der Waals surface area (Å²) in [6.45, 7) is 5.18. The number of carbonyl (C=O) groups is 4. The highest BCUT2D eigenvalue weighted by Crippen LogP contribution is 2.59. The third-order valence-corrected chi connectivity index (χ3v) is 10.4. The first-order valence-electron chi connectivity index (χ1n) is 15.6. The number of carbonyl (C=O) groups excluding carboxylic acids is 4. The summed E-state index contributed by atoms with van der Waals surface area (Å²) in [5, 5.41) is 15.1. The van der Waals surface area contributed by atoms with Crippen LogP contribution in [-0.2, 0) is 19.1 Å². The second-order valence-electron chi connectivity index (χ2n) is 14.3. The molecule has 5 aliphatic rings. The van der Waals surface area contributed by atoms with Gasteiger partial charge in [0.25, 0.3) is 5.91 Å². The molecule has 10 unspecified atom stereocenters. The van der Waals surface area contributed by atoms with Gasteiger partial charge < -0.3 is 29.9 Å². The van der Waals surface area contributed by atoms with Crippen LogP contribution in [-0.4, -0.2) is 93.9 Å². The lowest BCUT2D eigenvalue weighted by atomic mass is 9.77. The number of fused-ring (bicyclic) bond motifs is 6. The molecule has 2 saturated carbocycles. The van der Waals surface area contributed by atoms with Gasteiger partial charge in [-0.15, -0.1) is 0 Å². The van der Waals surface area contributed by atoms with E-state index in [1.807, 2.05) is 0 Å². The van der Waals surface area contributed by atoms with E-state index in [2.05, 4.69) is 26.4 Å². The van der Waals surface area contributed by atoms with Crippen molar-refractivity contribution in [3.05, 3.63) is 18.3 Å². The molecule has 1 aromatic rings. The zero-order chi connectivity index (χ0) is 34.2. The Morgan fingerprint density at radius 1 is 1.21 bits per heavy atom. The Bertz CT molecular complexity index is 1530. The molecule has 254 valence electrons. The summed E-state index contributed by atoms with van der Waals surface area (Å²) in [5.74, 6) is -3.02. The predicted molar refractivity (Wildman–Crippen MR) is 154 cm³/mol. The molecule has 16 heteroatoms. The molecule has 4 amide bonds. The summed E-state index contributed by atoms with van der Waals surface area (Å²) in [4.78, 5) is 61.4. The molecule has 2 N–H and O–H groups in total. The third kappa shape index (κ3) is 5.50. The first-order chi connectivity index (χ1) is 21.9. The molecule has 2 saturated heterocycles. The first kappa shape index (κ1) is 32.8. The van der Waals surface area contributed by atoms with Gasteiger partial charge in [-0.2, -0.15) is 18.4 Å². The van der Waals surface area contributed by atoms with Gasteiger partial charge in [-0.3, -0.25) is 14.4 Å². The summed E-state index contributed by atoms with van der Waals surface area (Å²) in [6.07, 6.45) is -7.81. The number of likely N-dealkylation sites (tertiary alicyclic amines) is 2. The molecular weight excluding hydrogens is 628 g/mol. The van der Waals surface area contributed by atoms with Crippen LogP contribution in [0.25, 0.3) is 0 Å². The van der Waals surface area contributed by atoms with Gasteiger partial charge in [-0.25, -0.2) is 14.2 Å². The van der Waals surface area contributed by atoms with Crippen molar-refractivity contribution in [3.8, 4) is 11.8 Å². The second kappa shape index (κ2) is 11.2. The maximum absolute atomic E-state index is 15.2. The highest BCUT2D eigenvalue weighted by molar-refractivity contribution is 6.01. The van der Waals surface area contributed by atoms with Crippen molar-refractivity contribution in [2.45, 2.75) is 89.1 Å². The number of pyridine rings is 1. The van der Waals surface area contributed by atoms with E-state index in [0.717, 1.165) is 0 Å². The monoisotopic (exact) mass is 664 g/mol. The smallest absolute Gasteiger partial charge is 0.425 e. The second-order valence-corrected chi connectivity index (χ2v) is 14.3. The van der Waals surface area contributed by atoms with Crippen LogP contribution in [0.2, 0.25) is 0 Å². The number of amides is 4. The highest BCUT2D eigenvalue weighted by atomic mass is 19.4. The fraction of sp³-hybridized carbons (Fsp3) is 0.677. The topological polar surface area (TPSA) is 154 Å². The largest absolute Gasteiger partial charge is 0.472 e. The predicted octanol–water partition coefficient (Wildman–Crippen LogP) is 3.19. The van der Waals surface area contributed by atoms with Crippen LogP contribution in [0.1, 0.15) is 47.0 Å².